The number of rotatable bonds is 5. The third kappa shape index (κ3) is 6.02. The number of furan rings is 1. The highest BCUT2D eigenvalue weighted by Crippen LogP contribution is 2.24. The van der Waals surface area contributed by atoms with Gasteiger partial charge in [-0.05, 0) is 91.1 Å². The van der Waals surface area contributed by atoms with Gasteiger partial charge in [-0.3, -0.25) is 14.9 Å². The molecule has 0 aliphatic heterocycles. The van der Waals surface area contributed by atoms with Crippen molar-refractivity contribution < 1.29 is 14.0 Å². The Morgan fingerprint density at radius 3 is 2.09 bits per heavy atom. The summed E-state index contributed by atoms with van der Waals surface area (Å²) in [7, 11) is 0. The predicted octanol–water partition coefficient (Wildman–Crippen LogP) is 6.63. The Morgan fingerprint density at radius 1 is 0.735 bits per heavy atom. The molecule has 6 nitrogen and oxygen atoms in total. The molecule has 4 rings (SSSR count). The molecule has 4 aromatic rings. The molecule has 0 fully saturated rings. The molecule has 170 valence electrons. The van der Waals surface area contributed by atoms with Gasteiger partial charge in [-0.15, -0.1) is 0 Å². The van der Waals surface area contributed by atoms with E-state index in [0.29, 0.717) is 32.7 Å². The molecule has 0 saturated carbocycles. The molecule has 0 unspecified atom stereocenters. The van der Waals surface area contributed by atoms with Crippen LogP contribution in [0.4, 0.5) is 11.4 Å². The number of hydrogen-bond donors (Lipinski definition) is 3. The van der Waals surface area contributed by atoms with E-state index in [2.05, 4.69) is 16.0 Å². The lowest BCUT2D eigenvalue weighted by Gasteiger charge is -2.10. The summed E-state index contributed by atoms with van der Waals surface area (Å²) in [6.07, 6.45) is 0. The molecule has 2 amide bonds. The summed E-state index contributed by atoms with van der Waals surface area (Å²) in [4.78, 5) is 24.8. The third-order valence-electron chi connectivity index (χ3n) is 4.67. The molecule has 1 heterocycles. The Morgan fingerprint density at radius 2 is 1.41 bits per heavy atom. The van der Waals surface area contributed by atoms with Crippen molar-refractivity contribution in [3.8, 4) is 11.3 Å². The zero-order valence-electron chi connectivity index (χ0n) is 17.5. The van der Waals surface area contributed by atoms with Gasteiger partial charge in [-0.25, -0.2) is 0 Å². The highest BCUT2D eigenvalue weighted by Gasteiger charge is 2.14. The summed E-state index contributed by atoms with van der Waals surface area (Å²) in [6.45, 7) is 0. The minimum Gasteiger partial charge on any atom is -0.451 e. The molecule has 0 bridgehead atoms. The van der Waals surface area contributed by atoms with Crippen LogP contribution in [0.15, 0.2) is 89.3 Å². The van der Waals surface area contributed by atoms with Crippen LogP contribution in [-0.2, 0) is 0 Å². The van der Waals surface area contributed by atoms with Crippen molar-refractivity contribution in [1.82, 2.24) is 5.32 Å². The molecular weight excluding hydrogens is 493 g/mol. The maximum absolute atomic E-state index is 12.5. The molecule has 3 aromatic carbocycles. The monoisotopic (exact) mass is 509 g/mol. The number of thiocarbonyl (C=S) groups is 1. The van der Waals surface area contributed by atoms with Crippen molar-refractivity contribution >= 4 is 63.7 Å². The molecule has 34 heavy (non-hydrogen) atoms. The molecule has 1 aromatic heterocycles. The molecular formula is C25H17Cl2N3O3S. The SMILES string of the molecule is O=C(Nc1ccc(NC(=S)NC(=O)c2ccc(-c3ccc(Cl)cc3)o2)cc1)c1cccc(Cl)c1. The zero-order chi connectivity index (χ0) is 24.1. The molecule has 0 spiro atoms. The topological polar surface area (TPSA) is 83.4 Å². The lowest BCUT2D eigenvalue weighted by molar-refractivity contribution is 0.0950. The van der Waals surface area contributed by atoms with Gasteiger partial charge >= 0.3 is 0 Å². The lowest BCUT2D eigenvalue weighted by Crippen LogP contribution is -2.33. The lowest BCUT2D eigenvalue weighted by atomic mass is 10.2. The number of nitrogens with one attached hydrogen (secondary N) is 3. The maximum Gasteiger partial charge on any atom is 0.293 e. The van der Waals surface area contributed by atoms with E-state index in [1.165, 1.54) is 0 Å². The van der Waals surface area contributed by atoms with Crippen LogP contribution in [-0.4, -0.2) is 16.9 Å². The van der Waals surface area contributed by atoms with E-state index < -0.39 is 5.91 Å². The fraction of sp³-hybridized carbons (Fsp3) is 0. The van der Waals surface area contributed by atoms with E-state index in [9.17, 15) is 9.59 Å². The fourth-order valence-corrected chi connectivity index (χ4v) is 3.55. The first-order valence-electron chi connectivity index (χ1n) is 10.0. The molecule has 0 aliphatic carbocycles. The van der Waals surface area contributed by atoms with E-state index in [4.69, 9.17) is 39.8 Å². The smallest absolute Gasteiger partial charge is 0.293 e. The van der Waals surface area contributed by atoms with Crippen LogP contribution < -0.4 is 16.0 Å². The Balaban J connectivity index is 1.32. The average Bonchev–Trinajstić information content (AvgIpc) is 3.31. The van der Waals surface area contributed by atoms with Crippen LogP contribution in [0.2, 0.25) is 10.0 Å². The van der Waals surface area contributed by atoms with Gasteiger partial charge in [0.1, 0.15) is 5.76 Å². The van der Waals surface area contributed by atoms with Gasteiger partial charge < -0.3 is 15.1 Å². The maximum atomic E-state index is 12.5. The Labute approximate surface area is 210 Å². The number of halogens is 2. The Bertz CT molecular complexity index is 1350. The van der Waals surface area contributed by atoms with Gasteiger partial charge in [-0.2, -0.15) is 0 Å². The number of anilines is 2. The van der Waals surface area contributed by atoms with Crippen molar-refractivity contribution in [1.29, 1.82) is 0 Å². The summed E-state index contributed by atoms with van der Waals surface area (Å²) in [6, 6.07) is 23.9. The van der Waals surface area contributed by atoms with Crippen molar-refractivity contribution in [2.45, 2.75) is 0 Å². The standard InChI is InChI=1S/C25H17Cl2N3O3S/c26-17-6-4-15(5-7-17)21-12-13-22(33-21)24(32)30-25(34)29-20-10-8-19(9-11-20)28-23(31)16-2-1-3-18(27)14-16/h1-14H,(H,28,31)(H2,29,30,32,34). The van der Waals surface area contributed by atoms with Gasteiger partial charge in [0.25, 0.3) is 11.8 Å². The van der Waals surface area contributed by atoms with Crippen LogP contribution in [0.1, 0.15) is 20.9 Å². The molecule has 0 aliphatic rings. The molecule has 3 N–H and O–H groups in total. The normalized spacial score (nSPS) is 10.4. The fourth-order valence-electron chi connectivity index (χ4n) is 3.03. The van der Waals surface area contributed by atoms with Gasteiger partial charge in [0.2, 0.25) is 0 Å². The number of carbonyl (C=O) groups is 2. The summed E-state index contributed by atoms with van der Waals surface area (Å²) in [5.74, 6) is -0.102. The van der Waals surface area contributed by atoms with Gasteiger partial charge in [0.15, 0.2) is 10.9 Å². The number of hydrogen-bond acceptors (Lipinski definition) is 4. The van der Waals surface area contributed by atoms with E-state index in [0.717, 1.165) is 5.56 Å². The Hall–Kier alpha value is -3.65. The second-order valence-electron chi connectivity index (χ2n) is 7.12. The van der Waals surface area contributed by atoms with Crippen molar-refractivity contribution in [2.24, 2.45) is 0 Å². The van der Waals surface area contributed by atoms with E-state index in [-0.39, 0.29) is 16.8 Å². The minimum atomic E-state index is -0.483. The first-order valence-corrected chi connectivity index (χ1v) is 11.2. The van der Waals surface area contributed by atoms with Crippen molar-refractivity contribution in [3.05, 3.63) is 106 Å². The van der Waals surface area contributed by atoms with Gasteiger partial charge in [-0.1, -0.05) is 29.3 Å². The average molecular weight is 510 g/mol. The van der Waals surface area contributed by atoms with Crippen LogP contribution in [0.3, 0.4) is 0 Å². The van der Waals surface area contributed by atoms with E-state index >= 15 is 0 Å². The molecule has 0 atom stereocenters. The summed E-state index contributed by atoms with van der Waals surface area (Å²) >= 11 is 17.1. The van der Waals surface area contributed by atoms with E-state index in [1.54, 1.807) is 84.9 Å². The number of carbonyl (C=O) groups excluding carboxylic acids is 2. The quantitative estimate of drug-likeness (QED) is 0.263. The molecule has 0 radical (unpaired) electrons. The molecule has 0 saturated heterocycles. The van der Waals surface area contributed by atoms with Crippen LogP contribution >= 0.6 is 35.4 Å². The van der Waals surface area contributed by atoms with Crippen LogP contribution in [0, 0.1) is 0 Å². The minimum absolute atomic E-state index is 0.102. The van der Waals surface area contributed by atoms with Gasteiger partial charge in [0.05, 0.1) is 0 Å². The van der Waals surface area contributed by atoms with Crippen molar-refractivity contribution in [2.75, 3.05) is 10.6 Å². The zero-order valence-corrected chi connectivity index (χ0v) is 19.8. The Kier molecular flexibility index (Phi) is 7.27. The summed E-state index contributed by atoms with van der Waals surface area (Å²) in [5.41, 5.74) is 2.48. The van der Waals surface area contributed by atoms with E-state index in [1.807, 2.05) is 0 Å². The van der Waals surface area contributed by atoms with Gasteiger partial charge in [0, 0.05) is 32.5 Å². The third-order valence-corrected chi connectivity index (χ3v) is 5.36. The van der Waals surface area contributed by atoms with Crippen LogP contribution in [0.5, 0.6) is 0 Å². The molecule has 9 heteroatoms. The summed E-state index contributed by atoms with van der Waals surface area (Å²) in [5, 5.41) is 9.49. The highest BCUT2D eigenvalue weighted by atomic mass is 35.5. The van der Waals surface area contributed by atoms with Crippen molar-refractivity contribution in [3.63, 3.8) is 0 Å². The number of benzene rings is 3. The predicted molar refractivity (Wildman–Crippen MR) is 139 cm³/mol. The van der Waals surface area contributed by atoms with Crippen LogP contribution in [0.25, 0.3) is 11.3 Å². The highest BCUT2D eigenvalue weighted by molar-refractivity contribution is 7.80. The summed E-state index contributed by atoms with van der Waals surface area (Å²) < 4.78 is 5.63. The largest absolute Gasteiger partial charge is 0.451 e. The second kappa shape index (κ2) is 10.5. The number of amides is 2. The first kappa shape index (κ1) is 23.5. The first-order chi connectivity index (χ1) is 16.4. The second-order valence-corrected chi connectivity index (χ2v) is 8.40.